The number of nitrogens with two attached hydrogens (primary N) is 1. The van der Waals surface area contributed by atoms with E-state index in [0.29, 0.717) is 18.9 Å². The molecule has 2 bridgehead atoms. The Morgan fingerprint density at radius 3 is 3.10 bits per heavy atom. The van der Waals surface area contributed by atoms with E-state index in [4.69, 9.17) is 10.5 Å². The quantitative estimate of drug-likeness (QED) is 0.769. The highest BCUT2D eigenvalue weighted by Gasteiger charge is 2.27. The van der Waals surface area contributed by atoms with Gasteiger partial charge in [-0.25, -0.2) is 9.98 Å². The molecule has 0 radical (unpaired) electrons. The number of nitrogens with one attached hydrogen (secondary N) is 1. The second-order valence-corrected chi connectivity index (χ2v) is 5.07. The molecule has 0 fully saturated rings. The van der Waals surface area contributed by atoms with E-state index in [2.05, 4.69) is 26.9 Å². The predicted molar refractivity (Wildman–Crippen MR) is 86.5 cm³/mol. The summed E-state index contributed by atoms with van der Waals surface area (Å²) in [5.41, 5.74) is 7.93. The summed E-state index contributed by atoms with van der Waals surface area (Å²) in [5, 5.41) is 3.12. The topological polar surface area (TPSA) is 84.4 Å². The van der Waals surface area contributed by atoms with E-state index in [1.54, 1.807) is 6.34 Å². The predicted octanol–water partition coefficient (Wildman–Crippen LogP) is 1.52. The second-order valence-electron chi connectivity index (χ2n) is 5.07. The summed E-state index contributed by atoms with van der Waals surface area (Å²) < 4.78 is 5.79. The van der Waals surface area contributed by atoms with Crippen molar-refractivity contribution in [3.05, 3.63) is 36.0 Å². The summed E-state index contributed by atoms with van der Waals surface area (Å²) in [6, 6.07) is -0.0319. The number of fused-ring (bicyclic) bond motifs is 2. The van der Waals surface area contributed by atoms with Crippen LogP contribution in [0.4, 0.5) is 0 Å². The van der Waals surface area contributed by atoms with E-state index in [-0.39, 0.29) is 18.2 Å². The number of allylic oxidation sites excluding steroid dienone is 4. The van der Waals surface area contributed by atoms with Crippen molar-refractivity contribution < 1.29 is 4.74 Å². The molecule has 112 valence electrons. The Bertz CT molecular complexity index is 556. The van der Waals surface area contributed by atoms with E-state index >= 15 is 0 Å². The fourth-order valence-electron chi connectivity index (χ4n) is 1.90. The zero-order chi connectivity index (χ0) is 15.2. The Morgan fingerprint density at radius 1 is 1.52 bits per heavy atom. The molecule has 2 aliphatic heterocycles. The Balaban J connectivity index is 2.00. The summed E-state index contributed by atoms with van der Waals surface area (Å²) >= 11 is 0. The van der Waals surface area contributed by atoms with E-state index in [1.165, 1.54) is 0 Å². The van der Waals surface area contributed by atoms with Crippen LogP contribution in [0, 0.1) is 0 Å². The van der Waals surface area contributed by atoms with Gasteiger partial charge in [-0.3, -0.25) is 0 Å². The van der Waals surface area contributed by atoms with Crippen LogP contribution < -0.4 is 11.1 Å². The zero-order valence-electron chi connectivity index (χ0n) is 12.4. The molecule has 3 N–H and O–H groups in total. The average Bonchev–Trinajstić information content (AvgIpc) is 2.58. The maximum Gasteiger partial charge on any atom is 0.220 e. The van der Waals surface area contributed by atoms with Crippen LogP contribution in [0.2, 0.25) is 0 Å². The van der Waals surface area contributed by atoms with Gasteiger partial charge in [0.05, 0.1) is 6.34 Å². The number of hydrogen-bond donors (Lipinski definition) is 2. The monoisotopic (exact) mass is 287 g/mol. The van der Waals surface area contributed by atoms with Gasteiger partial charge < -0.3 is 15.8 Å². The van der Waals surface area contributed by atoms with E-state index < -0.39 is 0 Å². The number of rotatable bonds is 4. The second kappa shape index (κ2) is 6.88. The third-order valence-electron chi connectivity index (χ3n) is 3.17. The van der Waals surface area contributed by atoms with Crippen molar-refractivity contribution in [1.29, 1.82) is 0 Å². The van der Waals surface area contributed by atoms with E-state index in [1.807, 2.05) is 32.1 Å². The lowest BCUT2D eigenvalue weighted by Crippen LogP contribution is -2.42. The highest BCUT2D eigenvalue weighted by Crippen LogP contribution is 2.14. The SMILES string of the molecule is C=C/C(C)=C\C=C(/C)COC1=NC(N)=NC2CC1NC=N2. The van der Waals surface area contributed by atoms with Gasteiger partial charge in [-0.1, -0.05) is 30.4 Å². The zero-order valence-corrected chi connectivity index (χ0v) is 12.4. The molecule has 2 rings (SSSR count). The first-order valence-electron chi connectivity index (χ1n) is 6.87. The molecule has 0 aliphatic carbocycles. The molecule has 0 aromatic carbocycles. The third kappa shape index (κ3) is 4.30. The van der Waals surface area contributed by atoms with Crippen molar-refractivity contribution in [2.45, 2.75) is 32.5 Å². The van der Waals surface area contributed by atoms with Gasteiger partial charge in [-0.05, 0) is 19.4 Å². The van der Waals surface area contributed by atoms with Gasteiger partial charge in [0.1, 0.15) is 18.8 Å². The number of nitrogens with zero attached hydrogens (tertiary/aromatic N) is 3. The Labute approximate surface area is 124 Å². The molecule has 2 aliphatic rings. The summed E-state index contributed by atoms with van der Waals surface area (Å²) in [4.78, 5) is 12.6. The van der Waals surface area contributed by atoms with Crippen LogP contribution in [0.3, 0.4) is 0 Å². The minimum Gasteiger partial charge on any atom is -0.475 e. The normalized spacial score (nSPS) is 25.4. The van der Waals surface area contributed by atoms with Crippen molar-refractivity contribution in [3.8, 4) is 0 Å². The van der Waals surface area contributed by atoms with Crippen LogP contribution in [0.1, 0.15) is 20.3 Å². The lowest BCUT2D eigenvalue weighted by Gasteiger charge is -2.22. The van der Waals surface area contributed by atoms with E-state index in [9.17, 15) is 0 Å². The molecule has 0 spiro atoms. The maximum atomic E-state index is 5.79. The van der Waals surface area contributed by atoms with Crippen LogP contribution in [0.15, 0.2) is 50.9 Å². The lowest BCUT2D eigenvalue weighted by molar-refractivity contribution is 0.314. The van der Waals surface area contributed by atoms with Crippen molar-refractivity contribution in [3.63, 3.8) is 0 Å². The van der Waals surface area contributed by atoms with Crippen LogP contribution in [0.5, 0.6) is 0 Å². The number of ether oxygens (including phenoxy) is 1. The Hall–Kier alpha value is -2.37. The van der Waals surface area contributed by atoms with Gasteiger partial charge in [0.2, 0.25) is 11.9 Å². The van der Waals surface area contributed by atoms with Crippen molar-refractivity contribution in [1.82, 2.24) is 5.32 Å². The van der Waals surface area contributed by atoms with E-state index in [0.717, 1.165) is 11.1 Å². The molecule has 0 saturated heterocycles. The molecule has 2 unspecified atom stereocenters. The van der Waals surface area contributed by atoms with Gasteiger partial charge in [0.15, 0.2) is 0 Å². The molecular weight excluding hydrogens is 266 g/mol. The Kier molecular flexibility index (Phi) is 4.92. The fraction of sp³-hybridized carbons (Fsp3) is 0.400. The smallest absolute Gasteiger partial charge is 0.220 e. The molecule has 0 aromatic rings. The van der Waals surface area contributed by atoms with Crippen LogP contribution in [0.25, 0.3) is 0 Å². The number of guanidine groups is 1. The molecule has 0 aromatic heterocycles. The van der Waals surface area contributed by atoms with Crippen LogP contribution in [-0.4, -0.2) is 37.0 Å². The standard InChI is InChI=1S/C15H21N5O/c1-4-10(2)5-6-11(3)8-21-14-12-7-13(18-9-17-12)19-15(16)20-14/h4-6,9,12-13H,1,7-8H2,2-3H3,(H2,16,19)(H,17,18)/b10-5-,11-6+. The first-order chi connectivity index (χ1) is 10.1. The third-order valence-corrected chi connectivity index (χ3v) is 3.17. The van der Waals surface area contributed by atoms with Crippen molar-refractivity contribution in [2.24, 2.45) is 20.7 Å². The average molecular weight is 287 g/mol. The fourth-order valence-corrected chi connectivity index (χ4v) is 1.90. The van der Waals surface area contributed by atoms with Gasteiger partial charge in [0, 0.05) is 6.42 Å². The highest BCUT2D eigenvalue weighted by atomic mass is 16.5. The molecule has 21 heavy (non-hydrogen) atoms. The first-order valence-corrected chi connectivity index (χ1v) is 6.87. The summed E-state index contributed by atoms with van der Waals surface area (Å²) in [6.45, 7) is 8.16. The van der Waals surface area contributed by atoms with Crippen LogP contribution >= 0.6 is 0 Å². The Morgan fingerprint density at radius 2 is 2.33 bits per heavy atom. The molecule has 6 nitrogen and oxygen atoms in total. The molecule has 2 heterocycles. The van der Waals surface area contributed by atoms with Crippen LogP contribution in [-0.2, 0) is 4.74 Å². The minimum atomic E-state index is -0.170. The maximum absolute atomic E-state index is 5.79. The first kappa shape index (κ1) is 15.0. The van der Waals surface area contributed by atoms with Gasteiger partial charge in [-0.15, -0.1) is 0 Å². The summed E-state index contributed by atoms with van der Waals surface area (Å²) in [5.74, 6) is 0.768. The molecule has 6 heteroatoms. The molecule has 0 amide bonds. The summed E-state index contributed by atoms with van der Waals surface area (Å²) in [7, 11) is 0. The lowest BCUT2D eigenvalue weighted by atomic mass is 10.1. The largest absolute Gasteiger partial charge is 0.475 e. The van der Waals surface area contributed by atoms with Gasteiger partial charge in [0.25, 0.3) is 0 Å². The molecule has 0 saturated carbocycles. The van der Waals surface area contributed by atoms with Gasteiger partial charge in [-0.2, -0.15) is 4.99 Å². The van der Waals surface area contributed by atoms with Crippen molar-refractivity contribution >= 4 is 18.2 Å². The summed E-state index contributed by atoms with van der Waals surface area (Å²) in [6.07, 6.45) is 7.98. The van der Waals surface area contributed by atoms with Crippen molar-refractivity contribution in [2.75, 3.05) is 6.61 Å². The number of aliphatic imine (C=N–C) groups is 3. The highest BCUT2D eigenvalue weighted by molar-refractivity contribution is 5.97. The van der Waals surface area contributed by atoms with Gasteiger partial charge >= 0.3 is 0 Å². The molecule has 2 atom stereocenters. The minimum absolute atomic E-state index is 0.0319. The number of hydrogen-bond acceptors (Lipinski definition) is 6. The molecular formula is C15H21N5O.